The van der Waals surface area contributed by atoms with Gasteiger partial charge in [-0.3, -0.25) is 14.4 Å². The Morgan fingerprint density at radius 2 is 2.00 bits per heavy atom. The third-order valence-corrected chi connectivity index (χ3v) is 7.48. The maximum absolute atomic E-state index is 14.3. The monoisotopic (exact) mass is 474 g/mol. The van der Waals surface area contributed by atoms with Crippen molar-refractivity contribution < 1.29 is 18.8 Å². The summed E-state index contributed by atoms with van der Waals surface area (Å²) in [5.74, 6) is -1.26. The Hall–Kier alpha value is -3.73. The standard InChI is InChI=1S/C27H27FN4O3/c1-16(2)12-23(31-11-10-18-19(24(31)33)6-5-8-21(18)28)25(34)32-15-27(13-17(32)14-29)20-7-3-4-9-22(20)30-26(27)35/h3-9,16-17,23H,10-13,15H2,1-2H3,(H,30,35)/t17-,23-,27-/m0/s1. The number of nitrogens with one attached hydrogen (secondary N) is 1. The number of rotatable bonds is 4. The summed E-state index contributed by atoms with van der Waals surface area (Å²) in [6.07, 6.45) is 0.922. The number of halogens is 1. The fourth-order valence-corrected chi connectivity index (χ4v) is 5.78. The van der Waals surface area contributed by atoms with Gasteiger partial charge in [-0.1, -0.05) is 38.1 Å². The number of anilines is 1. The molecule has 0 bridgehead atoms. The molecule has 3 amide bonds. The first kappa shape index (κ1) is 23.0. The molecule has 3 heterocycles. The molecule has 35 heavy (non-hydrogen) atoms. The van der Waals surface area contributed by atoms with Crippen LogP contribution in [0.15, 0.2) is 42.5 Å². The van der Waals surface area contributed by atoms with Gasteiger partial charge in [-0.05, 0) is 42.5 Å². The van der Waals surface area contributed by atoms with E-state index >= 15 is 0 Å². The van der Waals surface area contributed by atoms with Gasteiger partial charge >= 0.3 is 0 Å². The smallest absolute Gasteiger partial charge is 0.254 e. The predicted molar refractivity (Wildman–Crippen MR) is 127 cm³/mol. The van der Waals surface area contributed by atoms with Gasteiger partial charge in [-0.25, -0.2) is 4.39 Å². The SMILES string of the molecule is CC(C)C[C@@H](C(=O)N1C[C@]2(C[C@H]1C#N)C(=O)Nc1ccccc12)N1CCc2c(F)cccc2C1=O. The summed E-state index contributed by atoms with van der Waals surface area (Å²) >= 11 is 0. The highest BCUT2D eigenvalue weighted by atomic mass is 19.1. The van der Waals surface area contributed by atoms with Gasteiger partial charge in [0.2, 0.25) is 11.8 Å². The highest BCUT2D eigenvalue weighted by molar-refractivity contribution is 6.07. The first-order valence-electron chi connectivity index (χ1n) is 12.0. The lowest BCUT2D eigenvalue weighted by atomic mass is 9.80. The maximum atomic E-state index is 14.3. The second-order valence-electron chi connectivity index (χ2n) is 10.1. The Bertz CT molecular complexity index is 1270. The fraction of sp³-hybridized carbons (Fsp3) is 0.407. The number of benzene rings is 2. The summed E-state index contributed by atoms with van der Waals surface area (Å²) in [6.45, 7) is 4.23. The number of carbonyl (C=O) groups is 3. The lowest BCUT2D eigenvalue weighted by molar-refractivity contribution is -0.137. The highest BCUT2D eigenvalue weighted by Gasteiger charge is 2.57. The second kappa shape index (κ2) is 8.49. The van der Waals surface area contributed by atoms with E-state index in [1.54, 1.807) is 6.07 Å². The largest absolute Gasteiger partial charge is 0.326 e. The molecule has 1 N–H and O–H groups in total. The van der Waals surface area contributed by atoms with E-state index in [-0.39, 0.29) is 48.7 Å². The van der Waals surface area contributed by atoms with Crippen LogP contribution in [0.3, 0.4) is 0 Å². The molecule has 3 atom stereocenters. The van der Waals surface area contributed by atoms with E-state index in [1.165, 1.54) is 21.9 Å². The molecule has 3 aliphatic rings. The van der Waals surface area contributed by atoms with Crippen LogP contribution in [-0.2, 0) is 21.4 Å². The van der Waals surface area contributed by atoms with E-state index in [2.05, 4.69) is 11.4 Å². The van der Waals surface area contributed by atoms with Crippen LogP contribution in [0.1, 0.15) is 48.2 Å². The maximum Gasteiger partial charge on any atom is 0.254 e. The van der Waals surface area contributed by atoms with Crippen molar-refractivity contribution in [2.45, 2.75) is 50.6 Å². The molecular formula is C27H27FN4O3. The molecule has 0 radical (unpaired) electrons. The molecule has 8 heteroatoms. The average molecular weight is 475 g/mol. The zero-order valence-electron chi connectivity index (χ0n) is 19.8. The van der Waals surface area contributed by atoms with Crippen LogP contribution in [-0.4, -0.2) is 52.7 Å². The van der Waals surface area contributed by atoms with Crippen molar-refractivity contribution in [3.05, 3.63) is 65.0 Å². The van der Waals surface area contributed by atoms with Crippen LogP contribution in [0.2, 0.25) is 0 Å². The van der Waals surface area contributed by atoms with E-state index in [4.69, 9.17) is 0 Å². The molecule has 5 rings (SSSR count). The zero-order chi connectivity index (χ0) is 24.9. The van der Waals surface area contributed by atoms with E-state index in [0.29, 0.717) is 24.1 Å². The van der Waals surface area contributed by atoms with Crippen LogP contribution in [0.4, 0.5) is 10.1 Å². The molecule has 0 aromatic heterocycles. The lowest BCUT2D eigenvalue weighted by Gasteiger charge is -2.38. The molecular weight excluding hydrogens is 447 g/mol. The molecule has 1 saturated heterocycles. The number of nitrogens with zero attached hydrogens (tertiary/aromatic N) is 3. The number of likely N-dealkylation sites (tertiary alicyclic amines) is 1. The van der Waals surface area contributed by atoms with Crippen molar-refractivity contribution in [3.63, 3.8) is 0 Å². The summed E-state index contributed by atoms with van der Waals surface area (Å²) in [4.78, 5) is 43.5. The minimum absolute atomic E-state index is 0.0781. The lowest BCUT2D eigenvalue weighted by Crippen LogP contribution is -2.55. The van der Waals surface area contributed by atoms with Gasteiger partial charge in [-0.15, -0.1) is 0 Å². The quantitative estimate of drug-likeness (QED) is 0.736. The number of nitriles is 1. The summed E-state index contributed by atoms with van der Waals surface area (Å²) in [7, 11) is 0. The van der Waals surface area contributed by atoms with Gasteiger partial charge in [0, 0.05) is 36.3 Å². The van der Waals surface area contributed by atoms with Gasteiger partial charge in [0.1, 0.15) is 17.9 Å². The Morgan fingerprint density at radius 1 is 1.23 bits per heavy atom. The van der Waals surface area contributed by atoms with Gasteiger partial charge < -0.3 is 15.1 Å². The van der Waals surface area contributed by atoms with Crippen molar-refractivity contribution >= 4 is 23.4 Å². The zero-order valence-corrected chi connectivity index (χ0v) is 19.8. The van der Waals surface area contributed by atoms with Crippen molar-refractivity contribution in [3.8, 4) is 6.07 Å². The predicted octanol–water partition coefficient (Wildman–Crippen LogP) is 3.25. The Morgan fingerprint density at radius 3 is 2.74 bits per heavy atom. The molecule has 2 aromatic carbocycles. The van der Waals surface area contributed by atoms with Gasteiger partial charge in [-0.2, -0.15) is 5.26 Å². The van der Waals surface area contributed by atoms with Crippen molar-refractivity contribution in [1.29, 1.82) is 5.26 Å². The van der Waals surface area contributed by atoms with Gasteiger partial charge in [0.15, 0.2) is 0 Å². The molecule has 0 aliphatic carbocycles. The normalized spacial score (nSPS) is 23.8. The van der Waals surface area contributed by atoms with Gasteiger partial charge in [0.25, 0.3) is 5.91 Å². The van der Waals surface area contributed by atoms with Gasteiger partial charge in [0.05, 0.1) is 11.5 Å². The van der Waals surface area contributed by atoms with Crippen LogP contribution < -0.4 is 5.32 Å². The number of amides is 3. The highest BCUT2D eigenvalue weighted by Crippen LogP contribution is 2.46. The molecule has 1 spiro atoms. The minimum atomic E-state index is -0.989. The summed E-state index contributed by atoms with van der Waals surface area (Å²) < 4.78 is 14.3. The van der Waals surface area contributed by atoms with Crippen LogP contribution >= 0.6 is 0 Å². The summed E-state index contributed by atoms with van der Waals surface area (Å²) in [6, 6.07) is 12.4. The van der Waals surface area contributed by atoms with Crippen molar-refractivity contribution in [2.24, 2.45) is 5.92 Å². The third-order valence-electron chi connectivity index (χ3n) is 7.48. The minimum Gasteiger partial charge on any atom is -0.326 e. The number of fused-ring (bicyclic) bond motifs is 3. The topological polar surface area (TPSA) is 93.5 Å². The number of para-hydroxylation sites is 1. The molecule has 180 valence electrons. The van der Waals surface area contributed by atoms with E-state index in [0.717, 1.165) is 5.56 Å². The Kier molecular flexibility index (Phi) is 5.59. The summed E-state index contributed by atoms with van der Waals surface area (Å²) in [5.41, 5.74) is 1.15. The molecule has 1 fully saturated rings. The second-order valence-corrected chi connectivity index (χ2v) is 10.1. The molecule has 7 nitrogen and oxygen atoms in total. The van der Waals surface area contributed by atoms with Crippen molar-refractivity contribution in [1.82, 2.24) is 9.80 Å². The third kappa shape index (κ3) is 3.57. The van der Waals surface area contributed by atoms with Crippen LogP contribution in [0, 0.1) is 23.1 Å². The number of hydrogen-bond donors (Lipinski definition) is 1. The van der Waals surface area contributed by atoms with Crippen LogP contribution in [0.25, 0.3) is 0 Å². The van der Waals surface area contributed by atoms with E-state index in [9.17, 15) is 24.0 Å². The fourth-order valence-electron chi connectivity index (χ4n) is 5.78. The number of hydrogen-bond acceptors (Lipinski definition) is 4. The Balaban J connectivity index is 1.49. The molecule has 0 unspecified atom stereocenters. The molecule has 0 saturated carbocycles. The summed E-state index contributed by atoms with van der Waals surface area (Å²) in [5, 5.41) is 12.8. The average Bonchev–Trinajstić information content (AvgIpc) is 3.36. The van der Waals surface area contributed by atoms with Crippen LogP contribution in [0.5, 0.6) is 0 Å². The Labute approximate surface area is 203 Å². The molecule has 2 aromatic rings. The van der Waals surface area contributed by atoms with E-state index < -0.39 is 23.3 Å². The van der Waals surface area contributed by atoms with Crippen molar-refractivity contribution in [2.75, 3.05) is 18.4 Å². The first-order valence-corrected chi connectivity index (χ1v) is 12.0. The van der Waals surface area contributed by atoms with E-state index in [1.807, 2.05) is 38.1 Å². The molecule has 3 aliphatic heterocycles. The first-order chi connectivity index (χ1) is 16.8. The number of carbonyl (C=O) groups excluding carboxylic acids is 3.